The molecule has 1 saturated carbocycles. The van der Waals surface area contributed by atoms with Gasteiger partial charge in [0.25, 0.3) is 0 Å². The summed E-state index contributed by atoms with van der Waals surface area (Å²) in [6.45, 7) is 3.04. The Morgan fingerprint density at radius 2 is 2.00 bits per heavy atom. The standard InChI is InChI=1S/C14H29N3O2/c1-16(2)7-4-8-17(9-10-19-3)14(18)11-13(15)12-5-6-12/h12-13H,4-11,15H2,1-3H3. The van der Waals surface area contributed by atoms with Gasteiger partial charge in [0, 0.05) is 32.7 Å². The lowest BCUT2D eigenvalue weighted by atomic mass is 10.1. The van der Waals surface area contributed by atoms with Crippen molar-refractivity contribution in [1.82, 2.24) is 9.80 Å². The lowest BCUT2D eigenvalue weighted by molar-refractivity contribution is -0.132. The van der Waals surface area contributed by atoms with Crippen molar-refractivity contribution in [3.05, 3.63) is 0 Å². The van der Waals surface area contributed by atoms with Gasteiger partial charge >= 0.3 is 0 Å². The van der Waals surface area contributed by atoms with Crippen LogP contribution in [0.4, 0.5) is 0 Å². The van der Waals surface area contributed by atoms with Crippen molar-refractivity contribution in [1.29, 1.82) is 0 Å². The molecule has 5 nitrogen and oxygen atoms in total. The van der Waals surface area contributed by atoms with Gasteiger partial charge in [-0.25, -0.2) is 0 Å². The smallest absolute Gasteiger partial charge is 0.224 e. The second-order valence-electron chi connectivity index (χ2n) is 5.74. The molecule has 5 heteroatoms. The van der Waals surface area contributed by atoms with Crippen LogP contribution in [0, 0.1) is 5.92 Å². The molecule has 0 saturated heterocycles. The number of nitrogens with zero attached hydrogens (tertiary/aromatic N) is 2. The Morgan fingerprint density at radius 3 is 2.53 bits per heavy atom. The summed E-state index contributed by atoms with van der Waals surface area (Å²) >= 11 is 0. The average molecular weight is 271 g/mol. The minimum absolute atomic E-state index is 0.0476. The van der Waals surface area contributed by atoms with Gasteiger partial charge in [-0.3, -0.25) is 4.79 Å². The van der Waals surface area contributed by atoms with Crippen LogP contribution in [0.15, 0.2) is 0 Å². The van der Waals surface area contributed by atoms with Crippen LogP contribution in [0.3, 0.4) is 0 Å². The molecule has 0 aromatic heterocycles. The van der Waals surface area contributed by atoms with E-state index >= 15 is 0 Å². The van der Waals surface area contributed by atoms with E-state index in [9.17, 15) is 4.79 Å². The zero-order chi connectivity index (χ0) is 14.3. The number of hydrogen-bond acceptors (Lipinski definition) is 4. The summed E-state index contributed by atoms with van der Waals surface area (Å²) < 4.78 is 5.08. The number of carbonyl (C=O) groups excluding carboxylic acids is 1. The predicted octanol–water partition coefficient (Wildman–Crippen LogP) is 0.541. The van der Waals surface area contributed by atoms with Crippen molar-refractivity contribution >= 4 is 5.91 Å². The van der Waals surface area contributed by atoms with E-state index in [4.69, 9.17) is 10.5 Å². The summed E-state index contributed by atoms with van der Waals surface area (Å²) in [5, 5.41) is 0. The molecule has 0 bridgehead atoms. The van der Waals surface area contributed by atoms with E-state index < -0.39 is 0 Å². The predicted molar refractivity (Wildman–Crippen MR) is 76.9 cm³/mol. The fourth-order valence-corrected chi connectivity index (χ4v) is 2.16. The first-order valence-electron chi connectivity index (χ1n) is 7.21. The summed E-state index contributed by atoms with van der Waals surface area (Å²) in [6, 6.07) is 0.0476. The van der Waals surface area contributed by atoms with Gasteiger partial charge in [0.1, 0.15) is 0 Å². The number of rotatable bonds is 10. The molecule has 1 unspecified atom stereocenters. The minimum atomic E-state index is 0.0476. The van der Waals surface area contributed by atoms with Gasteiger partial charge in [0.2, 0.25) is 5.91 Å². The Kier molecular flexibility index (Phi) is 7.34. The van der Waals surface area contributed by atoms with Crippen molar-refractivity contribution in [2.45, 2.75) is 31.7 Å². The molecule has 0 radical (unpaired) electrons. The normalized spacial score (nSPS) is 16.7. The van der Waals surface area contributed by atoms with Crippen LogP contribution in [0.2, 0.25) is 0 Å². The van der Waals surface area contributed by atoms with Crippen LogP contribution in [0.5, 0.6) is 0 Å². The van der Waals surface area contributed by atoms with Gasteiger partial charge in [-0.1, -0.05) is 0 Å². The molecule has 1 atom stereocenters. The topological polar surface area (TPSA) is 58.8 Å². The molecular formula is C14H29N3O2. The number of nitrogens with two attached hydrogens (primary N) is 1. The zero-order valence-corrected chi connectivity index (χ0v) is 12.6. The van der Waals surface area contributed by atoms with E-state index in [2.05, 4.69) is 4.90 Å². The largest absolute Gasteiger partial charge is 0.383 e. The van der Waals surface area contributed by atoms with Gasteiger partial charge in [-0.15, -0.1) is 0 Å². The van der Waals surface area contributed by atoms with Crippen LogP contribution in [0.1, 0.15) is 25.7 Å². The van der Waals surface area contributed by atoms with Gasteiger partial charge in [0.05, 0.1) is 6.61 Å². The Labute approximate surface area is 117 Å². The molecule has 0 spiro atoms. The highest BCUT2D eigenvalue weighted by molar-refractivity contribution is 5.76. The highest BCUT2D eigenvalue weighted by Gasteiger charge is 2.30. The zero-order valence-electron chi connectivity index (χ0n) is 12.6. The van der Waals surface area contributed by atoms with Gasteiger partial charge in [-0.2, -0.15) is 0 Å². The quantitative estimate of drug-likeness (QED) is 0.630. The van der Waals surface area contributed by atoms with E-state index in [1.165, 1.54) is 12.8 Å². The second-order valence-corrected chi connectivity index (χ2v) is 5.74. The second kappa shape index (κ2) is 8.51. The molecule has 2 N–H and O–H groups in total. The third kappa shape index (κ3) is 6.89. The Morgan fingerprint density at radius 1 is 1.32 bits per heavy atom. The van der Waals surface area contributed by atoms with Gasteiger partial charge in [0.15, 0.2) is 0 Å². The Bertz CT molecular complexity index is 267. The molecule has 1 aliphatic carbocycles. The van der Waals surface area contributed by atoms with Crippen LogP contribution < -0.4 is 5.73 Å². The van der Waals surface area contributed by atoms with E-state index in [0.29, 0.717) is 25.5 Å². The third-order valence-electron chi connectivity index (χ3n) is 3.59. The SMILES string of the molecule is COCCN(CCCN(C)C)C(=O)CC(N)C1CC1. The highest BCUT2D eigenvalue weighted by atomic mass is 16.5. The van der Waals surface area contributed by atoms with Crippen molar-refractivity contribution in [2.24, 2.45) is 11.7 Å². The van der Waals surface area contributed by atoms with E-state index in [0.717, 1.165) is 19.5 Å². The number of amides is 1. The summed E-state index contributed by atoms with van der Waals surface area (Å²) in [5.41, 5.74) is 6.04. The highest BCUT2D eigenvalue weighted by Crippen LogP contribution is 2.32. The summed E-state index contributed by atoms with van der Waals surface area (Å²) in [5.74, 6) is 0.755. The Hall–Kier alpha value is -0.650. The van der Waals surface area contributed by atoms with Crippen LogP contribution in [-0.2, 0) is 9.53 Å². The molecule has 0 aromatic carbocycles. The van der Waals surface area contributed by atoms with Crippen LogP contribution in [-0.4, -0.2) is 69.2 Å². The van der Waals surface area contributed by atoms with Crippen LogP contribution >= 0.6 is 0 Å². The Balaban J connectivity index is 2.34. The van der Waals surface area contributed by atoms with Gasteiger partial charge in [-0.05, 0) is 45.8 Å². The van der Waals surface area contributed by atoms with E-state index in [1.807, 2.05) is 19.0 Å². The summed E-state index contributed by atoms with van der Waals surface area (Å²) in [7, 11) is 5.76. The number of carbonyl (C=O) groups is 1. The maximum absolute atomic E-state index is 12.2. The molecule has 1 aliphatic rings. The summed E-state index contributed by atoms with van der Waals surface area (Å²) in [4.78, 5) is 16.3. The van der Waals surface area contributed by atoms with Gasteiger partial charge < -0.3 is 20.3 Å². The molecule has 19 heavy (non-hydrogen) atoms. The van der Waals surface area contributed by atoms with E-state index in [1.54, 1.807) is 7.11 Å². The fourth-order valence-electron chi connectivity index (χ4n) is 2.16. The lowest BCUT2D eigenvalue weighted by Crippen LogP contribution is -2.39. The number of hydrogen-bond donors (Lipinski definition) is 1. The molecule has 0 aliphatic heterocycles. The molecular weight excluding hydrogens is 242 g/mol. The number of ether oxygens (including phenoxy) is 1. The monoisotopic (exact) mass is 271 g/mol. The molecule has 1 amide bonds. The van der Waals surface area contributed by atoms with Crippen molar-refractivity contribution in [3.8, 4) is 0 Å². The first kappa shape index (κ1) is 16.4. The first-order chi connectivity index (χ1) is 9.04. The molecule has 112 valence electrons. The third-order valence-corrected chi connectivity index (χ3v) is 3.59. The number of methoxy groups -OCH3 is 1. The molecule has 0 heterocycles. The molecule has 1 fully saturated rings. The maximum Gasteiger partial charge on any atom is 0.224 e. The lowest BCUT2D eigenvalue weighted by Gasteiger charge is -2.24. The summed E-state index contributed by atoms with van der Waals surface area (Å²) in [6.07, 6.45) is 3.85. The van der Waals surface area contributed by atoms with Crippen molar-refractivity contribution in [2.75, 3.05) is 47.4 Å². The van der Waals surface area contributed by atoms with Crippen molar-refractivity contribution in [3.63, 3.8) is 0 Å². The van der Waals surface area contributed by atoms with Crippen molar-refractivity contribution < 1.29 is 9.53 Å². The van der Waals surface area contributed by atoms with Crippen LogP contribution in [0.25, 0.3) is 0 Å². The fraction of sp³-hybridized carbons (Fsp3) is 0.929. The molecule has 0 aromatic rings. The first-order valence-corrected chi connectivity index (χ1v) is 7.21. The minimum Gasteiger partial charge on any atom is -0.383 e. The molecule has 1 rings (SSSR count). The maximum atomic E-state index is 12.2. The van der Waals surface area contributed by atoms with E-state index in [-0.39, 0.29) is 11.9 Å². The average Bonchev–Trinajstić information content (AvgIpc) is 3.16.